The molecule has 194 valence electrons. The fraction of sp³-hybridized carbons (Fsp3) is 0.481. The van der Waals surface area contributed by atoms with Crippen molar-refractivity contribution in [2.75, 3.05) is 12.9 Å². The first kappa shape index (κ1) is 27.5. The largest absolute Gasteiger partial charge is 0.497 e. The summed E-state index contributed by atoms with van der Waals surface area (Å²) in [4.78, 5) is 38.8. The molecule has 0 heterocycles. The Kier molecular flexibility index (Phi) is 10.6. The van der Waals surface area contributed by atoms with E-state index >= 15 is 0 Å². The third-order valence-electron chi connectivity index (χ3n) is 6.49. The summed E-state index contributed by atoms with van der Waals surface area (Å²) in [5, 5.41) is 14.1. The van der Waals surface area contributed by atoms with E-state index in [0.29, 0.717) is 18.7 Å². The first-order valence-corrected chi connectivity index (χ1v) is 13.6. The third-order valence-corrected chi connectivity index (χ3v) is 7.48. The molecule has 1 unspecified atom stereocenters. The molecule has 1 aliphatic carbocycles. The van der Waals surface area contributed by atoms with Gasteiger partial charge in [-0.3, -0.25) is 19.7 Å². The summed E-state index contributed by atoms with van der Waals surface area (Å²) in [5.74, 6) is 1.29. The van der Waals surface area contributed by atoms with Crippen molar-refractivity contribution < 1.29 is 19.2 Å². The molecule has 0 aromatic heterocycles. The molecule has 1 atom stereocenters. The third kappa shape index (κ3) is 7.98. The summed E-state index contributed by atoms with van der Waals surface area (Å²) < 4.78 is 5.24. The van der Waals surface area contributed by atoms with E-state index in [0.717, 1.165) is 42.6 Å². The number of benzene rings is 2. The molecular weight excluding hydrogens is 478 g/mol. The monoisotopic (exact) mass is 513 g/mol. The Bertz CT molecular complexity index is 1010. The van der Waals surface area contributed by atoms with Crippen molar-refractivity contribution in [2.24, 2.45) is 0 Å². The van der Waals surface area contributed by atoms with E-state index in [1.165, 1.54) is 30.3 Å². The van der Waals surface area contributed by atoms with Gasteiger partial charge in [0.2, 0.25) is 11.8 Å². The number of amides is 2. The van der Waals surface area contributed by atoms with Crippen molar-refractivity contribution in [1.29, 1.82) is 0 Å². The van der Waals surface area contributed by atoms with Crippen LogP contribution in [0.1, 0.15) is 56.6 Å². The van der Waals surface area contributed by atoms with E-state index in [2.05, 4.69) is 5.32 Å². The predicted molar refractivity (Wildman–Crippen MR) is 142 cm³/mol. The summed E-state index contributed by atoms with van der Waals surface area (Å²) in [6.45, 7) is 2.26. The number of carbonyl (C=O) groups excluding carboxylic acids is 2. The average Bonchev–Trinajstić information content (AvgIpc) is 2.89. The van der Waals surface area contributed by atoms with Gasteiger partial charge in [0, 0.05) is 30.5 Å². The second-order valence-electron chi connectivity index (χ2n) is 9.05. The zero-order chi connectivity index (χ0) is 25.9. The van der Waals surface area contributed by atoms with Crippen molar-refractivity contribution in [3.63, 3.8) is 0 Å². The number of nitro groups is 1. The topological polar surface area (TPSA) is 102 Å². The van der Waals surface area contributed by atoms with Gasteiger partial charge in [-0.1, -0.05) is 50.5 Å². The number of methoxy groups -OCH3 is 1. The van der Waals surface area contributed by atoms with Crippen LogP contribution in [0, 0.1) is 10.1 Å². The number of nitro benzene ring substituents is 1. The van der Waals surface area contributed by atoms with Gasteiger partial charge in [0.05, 0.1) is 17.8 Å². The van der Waals surface area contributed by atoms with Crippen LogP contribution in [0.5, 0.6) is 5.75 Å². The number of hydrogen-bond donors (Lipinski definition) is 1. The lowest BCUT2D eigenvalue weighted by Crippen LogP contribution is -2.52. The van der Waals surface area contributed by atoms with Crippen LogP contribution in [0.2, 0.25) is 0 Å². The quantitative estimate of drug-likeness (QED) is 0.313. The minimum Gasteiger partial charge on any atom is -0.497 e. The number of carbonyl (C=O) groups is 2. The summed E-state index contributed by atoms with van der Waals surface area (Å²) in [7, 11) is 1.61. The first-order chi connectivity index (χ1) is 17.4. The van der Waals surface area contributed by atoms with Crippen molar-refractivity contribution >= 4 is 29.3 Å². The van der Waals surface area contributed by atoms with Crippen LogP contribution in [0.25, 0.3) is 0 Å². The standard InChI is InChI=1S/C27H35N3O5S/c1-3-25(27(32)28-22-7-5-4-6-8-22)29(17-20-11-15-24(35-2)16-12-20)26(31)19-36-18-21-9-13-23(14-10-21)30(33)34/h9-16,22,25H,3-8,17-19H2,1-2H3,(H,28,32). The molecule has 1 aliphatic rings. The van der Waals surface area contributed by atoms with Gasteiger partial charge in [-0.15, -0.1) is 11.8 Å². The highest BCUT2D eigenvalue weighted by Crippen LogP contribution is 2.22. The van der Waals surface area contributed by atoms with Crippen LogP contribution in [0.4, 0.5) is 5.69 Å². The second kappa shape index (κ2) is 13.9. The molecule has 8 nitrogen and oxygen atoms in total. The van der Waals surface area contributed by atoms with Crippen LogP contribution >= 0.6 is 11.8 Å². The molecule has 1 saturated carbocycles. The zero-order valence-corrected chi connectivity index (χ0v) is 21.8. The van der Waals surface area contributed by atoms with Crippen molar-refractivity contribution in [1.82, 2.24) is 10.2 Å². The Labute approximate surface area is 216 Å². The average molecular weight is 514 g/mol. The molecule has 0 radical (unpaired) electrons. The molecule has 1 fully saturated rings. The summed E-state index contributed by atoms with van der Waals surface area (Å²) >= 11 is 1.44. The molecule has 2 aromatic carbocycles. The Morgan fingerprint density at radius 1 is 1.08 bits per heavy atom. The number of ether oxygens (including phenoxy) is 1. The summed E-state index contributed by atoms with van der Waals surface area (Å²) in [5.41, 5.74) is 1.87. The minimum atomic E-state index is -0.554. The highest BCUT2D eigenvalue weighted by molar-refractivity contribution is 7.99. The van der Waals surface area contributed by atoms with Gasteiger partial charge in [0.1, 0.15) is 11.8 Å². The van der Waals surface area contributed by atoms with Gasteiger partial charge in [-0.05, 0) is 42.5 Å². The molecular formula is C27H35N3O5S. The molecule has 2 amide bonds. The Balaban J connectivity index is 1.69. The molecule has 0 aliphatic heterocycles. The zero-order valence-electron chi connectivity index (χ0n) is 21.0. The highest BCUT2D eigenvalue weighted by Gasteiger charge is 2.30. The van der Waals surface area contributed by atoms with Crippen molar-refractivity contribution in [3.05, 3.63) is 69.8 Å². The number of rotatable bonds is 12. The molecule has 3 rings (SSSR count). The van der Waals surface area contributed by atoms with Gasteiger partial charge in [0.15, 0.2) is 0 Å². The Morgan fingerprint density at radius 3 is 2.31 bits per heavy atom. The molecule has 36 heavy (non-hydrogen) atoms. The van der Waals surface area contributed by atoms with E-state index in [1.54, 1.807) is 24.1 Å². The van der Waals surface area contributed by atoms with E-state index < -0.39 is 11.0 Å². The number of hydrogen-bond acceptors (Lipinski definition) is 6. The maximum atomic E-state index is 13.4. The Morgan fingerprint density at radius 2 is 1.72 bits per heavy atom. The predicted octanol–water partition coefficient (Wildman–Crippen LogP) is 5.09. The Hall–Kier alpha value is -3.07. The smallest absolute Gasteiger partial charge is 0.269 e. The van der Waals surface area contributed by atoms with E-state index in [9.17, 15) is 19.7 Å². The lowest BCUT2D eigenvalue weighted by molar-refractivity contribution is -0.384. The molecule has 0 saturated heterocycles. The van der Waals surface area contributed by atoms with Gasteiger partial charge < -0.3 is 15.0 Å². The van der Waals surface area contributed by atoms with Crippen LogP contribution < -0.4 is 10.1 Å². The lowest BCUT2D eigenvalue weighted by atomic mass is 9.95. The number of non-ortho nitro benzene ring substituents is 1. The number of nitrogens with one attached hydrogen (secondary N) is 1. The maximum absolute atomic E-state index is 13.4. The first-order valence-electron chi connectivity index (χ1n) is 12.4. The van der Waals surface area contributed by atoms with Crippen LogP contribution in [-0.4, -0.2) is 46.6 Å². The van der Waals surface area contributed by atoms with Crippen molar-refractivity contribution in [3.8, 4) is 5.75 Å². The second-order valence-corrected chi connectivity index (χ2v) is 10.0. The van der Waals surface area contributed by atoms with Gasteiger partial charge in [-0.2, -0.15) is 0 Å². The normalized spacial score (nSPS) is 14.6. The van der Waals surface area contributed by atoms with Crippen molar-refractivity contribution in [2.45, 2.75) is 69.8 Å². The highest BCUT2D eigenvalue weighted by atomic mass is 32.2. The van der Waals surface area contributed by atoms with E-state index in [1.807, 2.05) is 31.2 Å². The SMILES string of the molecule is CCC(C(=O)NC1CCCCC1)N(Cc1ccc(OC)cc1)C(=O)CSCc1ccc([N+](=O)[O-])cc1. The lowest BCUT2D eigenvalue weighted by Gasteiger charge is -2.32. The van der Waals surface area contributed by atoms with Gasteiger partial charge in [-0.25, -0.2) is 0 Å². The van der Waals surface area contributed by atoms with Crippen LogP contribution in [-0.2, 0) is 21.9 Å². The van der Waals surface area contributed by atoms with E-state index in [4.69, 9.17) is 4.74 Å². The summed E-state index contributed by atoms with van der Waals surface area (Å²) in [6, 6.07) is 13.5. The number of nitrogens with zero attached hydrogens (tertiary/aromatic N) is 2. The number of thioether (sulfide) groups is 1. The molecule has 9 heteroatoms. The fourth-order valence-corrected chi connectivity index (χ4v) is 5.32. The van der Waals surface area contributed by atoms with E-state index in [-0.39, 0.29) is 29.3 Å². The summed E-state index contributed by atoms with van der Waals surface area (Å²) in [6.07, 6.45) is 5.94. The molecule has 2 aromatic rings. The molecule has 0 spiro atoms. The van der Waals surface area contributed by atoms with Crippen LogP contribution in [0.15, 0.2) is 48.5 Å². The van der Waals surface area contributed by atoms with Gasteiger partial charge >= 0.3 is 0 Å². The molecule has 1 N–H and O–H groups in total. The van der Waals surface area contributed by atoms with Crippen LogP contribution in [0.3, 0.4) is 0 Å². The van der Waals surface area contributed by atoms with Gasteiger partial charge in [0.25, 0.3) is 5.69 Å². The molecule has 0 bridgehead atoms. The minimum absolute atomic E-state index is 0.0419. The maximum Gasteiger partial charge on any atom is 0.269 e. The fourth-order valence-electron chi connectivity index (χ4n) is 4.44.